The Morgan fingerprint density at radius 2 is 1.32 bits per heavy atom. The second-order valence-electron chi connectivity index (χ2n) is 9.38. The Labute approximate surface area is 239 Å². The number of amides is 1. The van der Waals surface area contributed by atoms with Gasteiger partial charge >= 0.3 is 16.3 Å². The maximum absolute atomic E-state index is 13.3. The van der Waals surface area contributed by atoms with E-state index in [4.69, 9.17) is 9.47 Å². The van der Waals surface area contributed by atoms with Crippen LogP contribution in [0.25, 0.3) is 0 Å². The number of nitrogens with one attached hydrogen (secondary N) is 1. The molecule has 0 unspecified atom stereocenters. The van der Waals surface area contributed by atoms with Gasteiger partial charge in [0.15, 0.2) is 0 Å². The van der Waals surface area contributed by atoms with Crippen molar-refractivity contribution in [3.63, 3.8) is 0 Å². The van der Waals surface area contributed by atoms with Crippen molar-refractivity contribution in [2.45, 2.75) is 26.3 Å². The lowest BCUT2D eigenvalue weighted by Crippen LogP contribution is -2.31. The number of aliphatic hydroxyl groups excluding tert-OH is 1. The van der Waals surface area contributed by atoms with E-state index in [0.717, 1.165) is 27.2 Å². The van der Waals surface area contributed by atoms with Crippen molar-refractivity contribution in [3.8, 4) is 5.75 Å². The van der Waals surface area contributed by atoms with E-state index < -0.39 is 22.2 Å². The minimum absolute atomic E-state index is 0.115. The van der Waals surface area contributed by atoms with Crippen LogP contribution in [-0.2, 0) is 41.2 Å². The third-order valence-electron chi connectivity index (χ3n) is 6.28. The summed E-state index contributed by atoms with van der Waals surface area (Å²) in [5.41, 5.74) is 3.49. The van der Waals surface area contributed by atoms with Crippen LogP contribution in [0.5, 0.6) is 5.75 Å². The molecule has 4 aromatic carbocycles. The first-order valence-corrected chi connectivity index (χ1v) is 14.3. The molecule has 4 aromatic rings. The van der Waals surface area contributed by atoms with Crippen LogP contribution in [-0.4, -0.2) is 24.5 Å². The smallest absolute Gasteiger partial charge is 0.410 e. The van der Waals surface area contributed by atoms with Gasteiger partial charge < -0.3 is 14.6 Å². The molecule has 0 aromatic heterocycles. The lowest BCUT2D eigenvalue weighted by atomic mass is 10.1. The predicted molar refractivity (Wildman–Crippen MR) is 155 cm³/mol. The van der Waals surface area contributed by atoms with E-state index >= 15 is 0 Å². The van der Waals surface area contributed by atoms with Crippen molar-refractivity contribution in [3.05, 3.63) is 144 Å². The number of aliphatic hydroxyl groups is 1. The molecule has 0 bridgehead atoms. The van der Waals surface area contributed by atoms with E-state index in [9.17, 15) is 18.3 Å². The summed E-state index contributed by atoms with van der Waals surface area (Å²) in [7, 11) is -4.09. The van der Waals surface area contributed by atoms with Gasteiger partial charge in [-0.2, -0.15) is 8.42 Å². The maximum atomic E-state index is 13.3. The summed E-state index contributed by atoms with van der Waals surface area (Å²) < 4.78 is 40.1. The van der Waals surface area contributed by atoms with Crippen LogP contribution in [0.3, 0.4) is 0 Å². The molecule has 0 spiro atoms. The second kappa shape index (κ2) is 12.5. The van der Waals surface area contributed by atoms with Crippen molar-refractivity contribution >= 4 is 22.0 Å². The van der Waals surface area contributed by atoms with Crippen LogP contribution < -0.4 is 13.8 Å². The molecule has 210 valence electrons. The van der Waals surface area contributed by atoms with Crippen molar-refractivity contribution in [1.82, 2.24) is 9.62 Å². The van der Waals surface area contributed by atoms with Gasteiger partial charge in [0, 0.05) is 13.1 Å². The third-order valence-corrected chi connectivity index (χ3v) is 7.57. The van der Waals surface area contributed by atoms with Crippen LogP contribution in [0.2, 0.25) is 0 Å². The Balaban J connectivity index is 1.42. The first-order valence-electron chi connectivity index (χ1n) is 12.9. The quantitative estimate of drug-likeness (QED) is 0.256. The number of rotatable bonds is 10. The summed E-state index contributed by atoms with van der Waals surface area (Å²) in [5.74, 6) is -0.227. The standard InChI is InChI=1S/C31H29N3O6S/c35-30-21-34(41(37,38)32-30)28-18-27(16-17-29(28)39-22-25-12-6-2-7-13-25)20-33(19-24-10-4-1-5-11-24)31(36)40-23-26-14-8-3-9-15-26/h1-18,21,32,35H,19-20,22-23H2. The summed E-state index contributed by atoms with van der Waals surface area (Å²) in [4.78, 5) is 14.8. The van der Waals surface area contributed by atoms with Crippen LogP contribution in [0.15, 0.2) is 121 Å². The molecule has 1 amide bonds. The first-order chi connectivity index (χ1) is 19.9. The van der Waals surface area contributed by atoms with Gasteiger partial charge in [-0.15, -0.1) is 0 Å². The molecule has 9 nitrogen and oxygen atoms in total. The molecule has 0 radical (unpaired) electrons. The molecule has 41 heavy (non-hydrogen) atoms. The van der Waals surface area contributed by atoms with Gasteiger partial charge in [-0.25, -0.2) is 13.8 Å². The van der Waals surface area contributed by atoms with E-state index in [-0.39, 0.29) is 37.7 Å². The number of benzene rings is 4. The number of anilines is 1. The number of carbonyl (C=O) groups is 1. The lowest BCUT2D eigenvalue weighted by Gasteiger charge is -2.24. The van der Waals surface area contributed by atoms with Gasteiger partial charge in [-0.05, 0) is 34.4 Å². The molecular formula is C31H29N3O6S. The van der Waals surface area contributed by atoms with Gasteiger partial charge in [0.05, 0.1) is 6.20 Å². The number of nitrogens with zero attached hydrogens (tertiary/aromatic N) is 2. The van der Waals surface area contributed by atoms with E-state index in [1.54, 1.807) is 23.1 Å². The summed E-state index contributed by atoms with van der Waals surface area (Å²) in [5, 5.41) is 9.92. The highest BCUT2D eigenvalue weighted by molar-refractivity contribution is 7.91. The topological polar surface area (TPSA) is 108 Å². The molecule has 1 heterocycles. The second-order valence-corrected chi connectivity index (χ2v) is 10.9. The molecule has 0 saturated heterocycles. The normalized spacial score (nSPS) is 13.7. The van der Waals surface area contributed by atoms with Gasteiger partial charge in [0.25, 0.3) is 0 Å². The van der Waals surface area contributed by atoms with Crippen molar-refractivity contribution in [1.29, 1.82) is 0 Å². The first kappa shape index (κ1) is 27.6. The van der Waals surface area contributed by atoms with Gasteiger partial charge in [-0.1, -0.05) is 97.1 Å². The highest BCUT2D eigenvalue weighted by Gasteiger charge is 2.31. The zero-order valence-electron chi connectivity index (χ0n) is 22.1. The molecule has 0 saturated carbocycles. The summed E-state index contributed by atoms with van der Waals surface area (Å²) >= 11 is 0. The summed E-state index contributed by atoms with van der Waals surface area (Å²) in [6, 6.07) is 33.4. The largest absolute Gasteiger partial charge is 0.493 e. The number of hydrogen-bond acceptors (Lipinski definition) is 6. The Morgan fingerprint density at radius 3 is 1.90 bits per heavy atom. The highest BCUT2D eigenvalue weighted by Crippen LogP contribution is 2.35. The minimum Gasteiger partial charge on any atom is -0.493 e. The monoisotopic (exact) mass is 571 g/mol. The Morgan fingerprint density at radius 1 is 0.756 bits per heavy atom. The maximum Gasteiger partial charge on any atom is 0.410 e. The Hall–Kier alpha value is -4.96. The van der Waals surface area contributed by atoms with E-state index in [1.165, 1.54) is 0 Å². The van der Waals surface area contributed by atoms with Gasteiger partial charge in [0.1, 0.15) is 24.7 Å². The SMILES string of the molecule is O=C(OCc1ccccc1)N(Cc1ccccc1)Cc1ccc(OCc2ccccc2)c(N2C=C(O)NS2(=O)=O)c1. The lowest BCUT2D eigenvalue weighted by molar-refractivity contribution is 0.0910. The fraction of sp³-hybridized carbons (Fsp3) is 0.129. The molecule has 2 N–H and O–H groups in total. The number of carbonyl (C=O) groups excluding carboxylic acids is 1. The molecule has 0 aliphatic carbocycles. The van der Waals surface area contributed by atoms with Crippen LogP contribution >= 0.6 is 0 Å². The molecule has 1 aliphatic rings. The van der Waals surface area contributed by atoms with Gasteiger partial charge in [-0.3, -0.25) is 4.90 Å². The zero-order valence-corrected chi connectivity index (χ0v) is 22.9. The predicted octanol–water partition coefficient (Wildman–Crippen LogP) is 5.62. The fourth-order valence-electron chi connectivity index (χ4n) is 4.30. The van der Waals surface area contributed by atoms with Gasteiger partial charge in [0.2, 0.25) is 5.88 Å². The average molecular weight is 572 g/mol. The fourth-order valence-corrected chi connectivity index (χ4v) is 5.35. The molecule has 0 atom stereocenters. The van der Waals surface area contributed by atoms with E-state index in [2.05, 4.69) is 4.72 Å². The van der Waals surface area contributed by atoms with Crippen LogP contribution in [0, 0.1) is 0 Å². The zero-order chi connectivity index (χ0) is 28.7. The highest BCUT2D eigenvalue weighted by atomic mass is 32.2. The van der Waals surface area contributed by atoms with Crippen molar-refractivity contribution in [2.75, 3.05) is 4.31 Å². The molecular weight excluding hydrogens is 542 g/mol. The molecule has 0 fully saturated rings. The number of ether oxygens (including phenoxy) is 2. The van der Waals surface area contributed by atoms with Crippen molar-refractivity contribution in [2.24, 2.45) is 0 Å². The molecule has 1 aliphatic heterocycles. The number of hydrogen-bond donors (Lipinski definition) is 2. The summed E-state index contributed by atoms with van der Waals surface area (Å²) in [6.45, 7) is 0.728. The summed E-state index contributed by atoms with van der Waals surface area (Å²) in [6.07, 6.45) is 0.552. The van der Waals surface area contributed by atoms with Crippen molar-refractivity contribution < 1.29 is 27.8 Å². The Bertz CT molecular complexity index is 1610. The van der Waals surface area contributed by atoms with Crippen LogP contribution in [0.1, 0.15) is 22.3 Å². The molecule has 10 heteroatoms. The van der Waals surface area contributed by atoms with Crippen LogP contribution in [0.4, 0.5) is 10.5 Å². The van der Waals surface area contributed by atoms with E-state index in [0.29, 0.717) is 5.56 Å². The average Bonchev–Trinajstić information content (AvgIpc) is 3.27. The molecule has 5 rings (SSSR count). The van der Waals surface area contributed by atoms with E-state index in [1.807, 2.05) is 91.0 Å². The Kier molecular flexibility index (Phi) is 8.40. The third kappa shape index (κ3) is 7.17. The minimum atomic E-state index is -4.09.